The number of anilines is 1. The van der Waals surface area contributed by atoms with E-state index in [1.165, 1.54) is 18.2 Å². The van der Waals surface area contributed by atoms with Crippen LogP contribution in [-0.2, 0) is 16.6 Å². The lowest BCUT2D eigenvalue weighted by Gasteiger charge is -2.11. The molecule has 0 saturated heterocycles. The third-order valence-corrected chi connectivity index (χ3v) is 4.58. The first-order valence-electron chi connectivity index (χ1n) is 6.11. The minimum atomic E-state index is -4.08. The monoisotopic (exact) mass is 328 g/mol. The quantitative estimate of drug-likeness (QED) is 0.906. The molecule has 0 heterocycles. The van der Waals surface area contributed by atoms with Gasteiger partial charge in [-0.05, 0) is 42.3 Å². The smallest absolute Gasteiger partial charge is 0.264 e. The number of nitrogens with one attached hydrogen (secondary N) is 1. The first-order chi connectivity index (χ1) is 9.83. The summed E-state index contributed by atoms with van der Waals surface area (Å²) in [6.45, 7) is 1.95. The summed E-state index contributed by atoms with van der Waals surface area (Å²) in [4.78, 5) is -0.456. The minimum absolute atomic E-state index is 0.119. The molecule has 2 aromatic carbocycles. The Balaban J connectivity index is 2.43. The Morgan fingerprint density at radius 3 is 2.57 bits per heavy atom. The standard InChI is InChI=1S/C14H14ClFN2O2S/c1-9-2-5-13(11(15)6-9)18-21(19,20)14-7-10(8-17)3-4-12(14)16/h2-7,18H,8,17H2,1H3. The van der Waals surface area contributed by atoms with Gasteiger partial charge in [0.05, 0.1) is 10.7 Å². The zero-order valence-electron chi connectivity index (χ0n) is 11.2. The van der Waals surface area contributed by atoms with Crippen LogP contribution < -0.4 is 10.5 Å². The van der Waals surface area contributed by atoms with Gasteiger partial charge in [0.2, 0.25) is 0 Å². The van der Waals surface area contributed by atoms with Gasteiger partial charge in [-0.25, -0.2) is 12.8 Å². The molecule has 0 aliphatic carbocycles. The van der Waals surface area contributed by atoms with Crippen LogP contribution in [0, 0.1) is 12.7 Å². The van der Waals surface area contributed by atoms with Crippen LogP contribution >= 0.6 is 11.6 Å². The summed E-state index contributed by atoms with van der Waals surface area (Å²) in [6, 6.07) is 8.57. The summed E-state index contributed by atoms with van der Waals surface area (Å²) in [6.07, 6.45) is 0. The predicted molar refractivity (Wildman–Crippen MR) is 81.3 cm³/mol. The summed E-state index contributed by atoms with van der Waals surface area (Å²) in [5, 5.41) is 0.244. The van der Waals surface area contributed by atoms with Gasteiger partial charge in [-0.3, -0.25) is 4.72 Å². The van der Waals surface area contributed by atoms with Crippen LogP contribution in [-0.4, -0.2) is 8.42 Å². The fraction of sp³-hybridized carbons (Fsp3) is 0.143. The van der Waals surface area contributed by atoms with Gasteiger partial charge in [-0.1, -0.05) is 23.7 Å². The van der Waals surface area contributed by atoms with E-state index >= 15 is 0 Å². The van der Waals surface area contributed by atoms with Crippen LogP contribution in [0.15, 0.2) is 41.3 Å². The van der Waals surface area contributed by atoms with Crippen molar-refractivity contribution in [2.24, 2.45) is 5.73 Å². The summed E-state index contributed by atoms with van der Waals surface area (Å²) in [7, 11) is -4.08. The number of hydrogen-bond acceptors (Lipinski definition) is 3. The van der Waals surface area contributed by atoms with E-state index in [1.807, 2.05) is 6.92 Å². The van der Waals surface area contributed by atoms with Crippen LogP contribution in [0.5, 0.6) is 0 Å². The van der Waals surface area contributed by atoms with Crippen LogP contribution in [0.25, 0.3) is 0 Å². The lowest BCUT2D eigenvalue weighted by molar-refractivity contribution is 0.569. The van der Waals surface area contributed by atoms with Gasteiger partial charge in [-0.15, -0.1) is 0 Å². The molecule has 0 bridgehead atoms. The van der Waals surface area contributed by atoms with E-state index in [9.17, 15) is 12.8 Å². The highest BCUT2D eigenvalue weighted by atomic mass is 35.5. The second kappa shape index (κ2) is 6.01. The third-order valence-electron chi connectivity index (χ3n) is 2.89. The molecule has 112 valence electrons. The Morgan fingerprint density at radius 2 is 1.95 bits per heavy atom. The Morgan fingerprint density at radius 1 is 1.24 bits per heavy atom. The molecule has 21 heavy (non-hydrogen) atoms. The van der Waals surface area contributed by atoms with Crippen molar-refractivity contribution in [2.75, 3.05) is 4.72 Å². The Hall–Kier alpha value is -1.63. The molecule has 0 aliphatic heterocycles. The molecule has 2 aromatic rings. The van der Waals surface area contributed by atoms with Gasteiger partial charge in [0.25, 0.3) is 10.0 Å². The molecule has 0 atom stereocenters. The Bertz CT molecular complexity index is 779. The van der Waals surface area contributed by atoms with Crippen molar-refractivity contribution < 1.29 is 12.8 Å². The molecule has 0 fully saturated rings. The molecule has 2 rings (SSSR count). The average Bonchev–Trinajstić information content (AvgIpc) is 2.42. The van der Waals surface area contributed by atoms with Crippen LogP contribution in [0.2, 0.25) is 5.02 Å². The van der Waals surface area contributed by atoms with Crippen LogP contribution in [0.3, 0.4) is 0 Å². The number of aryl methyl sites for hydroxylation is 1. The summed E-state index contributed by atoms with van der Waals surface area (Å²) < 4.78 is 40.6. The van der Waals surface area contributed by atoms with E-state index in [0.29, 0.717) is 5.56 Å². The van der Waals surface area contributed by atoms with Crippen molar-refractivity contribution in [3.05, 3.63) is 58.4 Å². The summed E-state index contributed by atoms with van der Waals surface area (Å²) in [5.74, 6) is -0.845. The van der Waals surface area contributed by atoms with E-state index in [2.05, 4.69) is 4.72 Å². The van der Waals surface area contributed by atoms with E-state index in [4.69, 9.17) is 17.3 Å². The molecule has 0 spiro atoms. The first-order valence-corrected chi connectivity index (χ1v) is 7.97. The highest BCUT2D eigenvalue weighted by Crippen LogP contribution is 2.26. The summed E-state index contributed by atoms with van der Waals surface area (Å²) >= 11 is 5.98. The molecule has 0 unspecified atom stereocenters. The number of sulfonamides is 1. The average molecular weight is 329 g/mol. The third kappa shape index (κ3) is 3.53. The Labute approximate surface area is 127 Å². The zero-order valence-corrected chi connectivity index (χ0v) is 12.8. The number of rotatable bonds is 4. The van der Waals surface area contributed by atoms with Crippen molar-refractivity contribution in [1.82, 2.24) is 0 Å². The maximum atomic E-state index is 13.8. The SMILES string of the molecule is Cc1ccc(NS(=O)(=O)c2cc(CN)ccc2F)c(Cl)c1. The Kier molecular flexibility index (Phi) is 4.51. The van der Waals surface area contributed by atoms with Crippen molar-refractivity contribution in [3.63, 3.8) is 0 Å². The van der Waals surface area contributed by atoms with Crippen molar-refractivity contribution in [1.29, 1.82) is 0 Å². The molecule has 7 heteroatoms. The van der Waals surface area contributed by atoms with E-state index in [1.54, 1.807) is 12.1 Å². The van der Waals surface area contributed by atoms with Gasteiger partial charge >= 0.3 is 0 Å². The topological polar surface area (TPSA) is 72.2 Å². The molecule has 3 N–H and O–H groups in total. The van der Waals surface area contributed by atoms with E-state index in [-0.39, 0.29) is 17.3 Å². The number of nitrogens with two attached hydrogens (primary N) is 1. The second-order valence-corrected chi connectivity index (χ2v) is 6.62. The molecular formula is C14H14ClFN2O2S. The van der Waals surface area contributed by atoms with Crippen molar-refractivity contribution >= 4 is 27.3 Å². The molecule has 0 amide bonds. The largest absolute Gasteiger partial charge is 0.326 e. The van der Waals surface area contributed by atoms with Crippen LogP contribution in [0.4, 0.5) is 10.1 Å². The highest BCUT2D eigenvalue weighted by molar-refractivity contribution is 7.92. The molecule has 0 saturated carbocycles. The van der Waals surface area contributed by atoms with E-state index in [0.717, 1.165) is 11.6 Å². The number of hydrogen-bond donors (Lipinski definition) is 2. The fourth-order valence-electron chi connectivity index (χ4n) is 1.78. The molecule has 0 aliphatic rings. The zero-order chi connectivity index (χ0) is 15.6. The second-order valence-electron chi connectivity index (χ2n) is 4.56. The molecule has 0 aromatic heterocycles. The maximum absolute atomic E-state index is 13.8. The van der Waals surface area contributed by atoms with Crippen LogP contribution in [0.1, 0.15) is 11.1 Å². The van der Waals surface area contributed by atoms with Gasteiger partial charge in [0, 0.05) is 6.54 Å². The lowest BCUT2D eigenvalue weighted by Crippen LogP contribution is -2.15. The molecule has 0 radical (unpaired) electrons. The molecule has 4 nitrogen and oxygen atoms in total. The van der Waals surface area contributed by atoms with Crippen molar-refractivity contribution in [2.45, 2.75) is 18.4 Å². The fourth-order valence-corrected chi connectivity index (χ4v) is 3.33. The van der Waals surface area contributed by atoms with Gasteiger partial charge in [0.1, 0.15) is 10.7 Å². The number of halogens is 2. The van der Waals surface area contributed by atoms with E-state index < -0.39 is 20.7 Å². The van der Waals surface area contributed by atoms with Gasteiger partial charge < -0.3 is 5.73 Å². The summed E-state index contributed by atoms with van der Waals surface area (Å²) in [5.41, 5.74) is 7.05. The lowest BCUT2D eigenvalue weighted by atomic mass is 10.2. The van der Waals surface area contributed by atoms with Gasteiger partial charge in [0.15, 0.2) is 0 Å². The minimum Gasteiger partial charge on any atom is -0.326 e. The maximum Gasteiger partial charge on any atom is 0.264 e. The van der Waals surface area contributed by atoms with Crippen molar-refractivity contribution in [3.8, 4) is 0 Å². The highest BCUT2D eigenvalue weighted by Gasteiger charge is 2.20. The number of benzene rings is 2. The normalized spacial score (nSPS) is 11.4. The predicted octanol–water partition coefficient (Wildman–Crippen LogP) is 3.05. The first kappa shape index (κ1) is 15.8. The van der Waals surface area contributed by atoms with Gasteiger partial charge in [-0.2, -0.15) is 0 Å². The molecular weight excluding hydrogens is 315 g/mol.